The van der Waals surface area contributed by atoms with E-state index >= 15 is 0 Å². The van der Waals surface area contributed by atoms with Gasteiger partial charge in [0.05, 0.1) is 0 Å². The van der Waals surface area contributed by atoms with E-state index in [0.29, 0.717) is 5.56 Å². The largest absolute Gasteiger partial charge is 0.458 e. The second-order valence-electron chi connectivity index (χ2n) is 6.13. The van der Waals surface area contributed by atoms with Crippen LogP contribution in [0, 0.1) is 5.41 Å². The maximum absolute atomic E-state index is 11.6. The number of rotatable bonds is 2. The van der Waals surface area contributed by atoms with Gasteiger partial charge in [0.15, 0.2) is 5.78 Å². The summed E-state index contributed by atoms with van der Waals surface area (Å²) in [5.74, 6) is -6.68. The highest BCUT2D eigenvalue weighted by molar-refractivity contribution is 6.41. The molecular weight excluding hydrogens is 441 g/mol. The van der Waals surface area contributed by atoms with Gasteiger partial charge >= 0.3 is 30.1 Å². The molecule has 0 bridgehead atoms. The second kappa shape index (κ2) is 10.8. The quantitative estimate of drug-likeness (QED) is 0.288. The minimum Gasteiger partial charge on any atom is -0.294 e. The predicted molar refractivity (Wildman–Crippen MR) is 82.3 cm³/mol. The van der Waals surface area contributed by atoms with Gasteiger partial charge in [-0.3, -0.25) is 24.2 Å². The van der Waals surface area contributed by atoms with Crippen molar-refractivity contribution in [2.24, 2.45) is 5.41 Å². The van der Waals surface area contributed by atoms with Gasteiger partial charge in [-0.05, 0) is 12.1 Å². The van der Waals surface area contributed by atoms with Gasteiger partial charge in [0.25, 0.3) is 0 Å². The molecule has 170 valence electrons. The maximum Gasteiger partial charge on any atom is 0.458 e. The number of pyridine rings is 1. The van der Waals surface area contributed by atoms with Gasteiger partial charge in [0, 0.05) is 23.4 Å². The van der Waals surface area contributed by atoms with Crippen molar-refractivity contribution in [3.8, 4) is 0 Å². The third-order valence-electron chi connectivity index (χ3n) is 2.46. The van der Waals surface area contributed by atoms with Crippen molar-refractivity contribution in [3.05, 3.63) is 30.1 Å². The minimum atomic E-state index is -5.77. The topological polar surface area (TPSA) is 81.2 Å². The Morgan fingerprint density at radius 1 is 0.833 bits per heavy atom. The van der Waals surface area contributed by atoms with Crippen LogP contribution in [0.15, 0.2) is 24.5 Å². The third kappa shape index (κ3) is 12.6. The number of halogens is 9. The van der Waals surface area contributed by atoms with Crippen LogP contribution in [0.5, 0.6) is 0 Å². The summed E-state index contributed by atoms with van der Waals surface area (Å²) in [6.07, 6.45) is -14.0. The fraction of sp³-hybridized carbons (Fsp3) is 0.438. The summed E-state index contributed by atoms with van der Waals surface area (Å²) in [7, 11) is 0. The number of ketones is 3. The van der Waals surface area contributed by atoms with E-state index in [4.69, 9.17) is 4.79 Å². The first kappa shape index (κ1) is 29.4. The lowest BCUT2D eigenvalue weighted by molar-refractivity contribution is -0.193. The second-order valence-corrected chi connectivity index (χ2v) is 6.13. The third-order valence-corrected chi connectivity index (χ3v) is 2.46. The highest BCUT2D eigenvalue weighted by Crippen LogP contribution is 2.24. The molecule has 1 aromatic rings. The number of Topliss-reactive ketones (excluding diaryl/α,β-unsaturated/α-hetero) is 3. The molecule has 0 saturated carbocycles. The van der Waals surface area contributed by atoms with E-state index in [2.05, 4.69) is 4.98 Å². The fourth-order valence-corrected chi connectivity index (χ4v) is 1.19. The van der Waals surface area contributed by atoms with Crippen molar-refractivity contribution in [3.63, 3.8) is 0 Å². The van der Waals surface area contributed by atoms with E-state index < -0.39 is 36.4 Å². The van der Waals surface area contributed by atoms with Crippen LogP contribution in [0.25, 0.3) is 0 Å². The zero-order chi connectivity index (χ0) is 24.6. The molecule has 0 radical (unpaired) electrons. The Hall–Kier alpha value is -2.80. The molecule has 0 atom stereocenters. The van der Waals surface area contributed by atoms with Crippen LogP contribution >= 0.6 is 0 Å². The van der Waals surface area contributed by atoms with Crippen molar-refractivity contribution in [1.29, 1.82) is 0 Å². The Balaban J connectivity index is 0. The molecular formula is C16H14F9NO4. The average molecular weight is 455 g/mol. The van der Waals surface area contributed by atoms with Crippen molar-refractivity contribution in [1.82, 2.24) is 4.98 Å². The smallest absolute Gasteiger partial charge is 0.294 e. The van der Waals surface area contributed by atoms with Gasteiger partial charge in [-0.25, -0.2) is 0 Å². The first-order chi connectivity index (χ1) is 13.1. The Morgan fingerprint density at radius 3 is 1.40 bits per heavy atom. The molecule has 0 spiro atoms. The summed E-state index contributed by atoms with van der Waals surface area (Å²) in [5.41, 5.74) is 0.369. The van der Waals surface area contributed by atoms with E-state index in [1.165, 1.54) is 0 Å². The lowest BCUT2D eigenvalue weighted by atomic mass is 9.87. The van der Waals surface area contributed by atoms with Crippen molar-refractivity contribution < 1.29 is 58.7 Å². The minimum absolute atomic E-state index is 0.135. The van der Waals surface area contributed by atoms with Crippen LogP contribution in [-0.4, -0.2) is 47.1 Å². The Kier molecular flexibility index (Phi) is 10.6. The average Bonchev–Trinajstić information content (AvgIpc) is 2.58. The Morgan fingerprint density at radius 2 is 1.20 bits per heavy atom. The summed E-state index contributed by atoms with van der Waals surface area (Å²) >= 11 is 0. The molecule has 0 aliphatic rings. The Labute approximate surface area is 163 Å². The predicted octanol–water partition coefficient (Wildman–Crippen LogP) is 4.31. The van der Waals surface area contributed by atoms with Gasteiger partial charge in [-0.15, -0.1) is 0 Å². The van der Waals surface area contributed by atoms with Gasteiger partial charge in [0.1, 0.15) is 0 Å². The first-order valence-corrected chi connectivity index (χ1v) is 7.35. The number of aromatic nitrogens is 1. The summed E-state index contributed by atoms with van der Waals surface area (Å²) in [6.45, 7) is 5.72. The van der Waals surface area contributed by atoms with E-state index in [1.54, 1.807) is 24.5 Å². The first-order valence-electron chi connectivity index (χ1n) is 7.35. The van der Waals surface area contributed by atoms with E-state index in [1.807, 2.05) is 20.8 Å². The highest BCUT2D eigenvalue weighted by Gasteiger charge is 2.54. The van der Waals surface area contributed by atoms with E-state index in [0.717, 1.165) is 0 Å². The lowest BCUT2D eigenvalue weighted by Crippen LogP contribution is -2.39. The molecule has 0 amide bonds. The van der Waals surface area contributed by atoms with Gasteiger partial charge in [-0.1, -0.05) is 20.8 Å². The molecule has 0 N–H and O–H groups in total. The Bertz CT molecular complexity index is 706. The van der Waals surface area contributed by atoms with Crippen LogP contribution < -0.4 is 0 Å². The number of aldehydes is 1. The standard InChI is InChI=1S/C10H13NO.C4F6O2.C2HF3O/c1-10(2,3)9(12)8-5-4-6-11-7-8;5-3(6,7)1(11)2(12)4(8,9)10;3-2(4,5)1-6/h4-7H,1-3H3;;1H. The molecule has 0 aliphatic heterocycles. The van der Waals surface area contributed by atoms with E-state index in [9.17, 15) is 53.9 Å². The maximum atomic E-state index is 11.6. The molecule has 30 heavy (non-hydrogen) atoms. The molecule has 0 fully saturated rings. The molecule has 0 unspecified atom stereocenters. The summed E-state index contributed by atoms with van der Waals surface area (Å²) in [4.78, 5) is 43.5. The molecule has 0 aromatic carbocycles. The number of hydrogen-bond donors (Lipinski definition) is 0. The lowest BCUT2D eigenvalue weighted by Gasteiger charge is -2.15. The summed E-state index contributed by atoms with van der Waals surface area (Å²) in [6, 6.07) is 3.57. The highest BCUT2D eigenvalue weighted by atomic mass is 19.4. The number of carbonyl (C=O) groups is 4. The van der Waals surface area contributed by atoms with Crippen molar-refractivity contribution in [2.45, 2.75) is 39.3 Å². The van der Waals surface area contributed by atoms with Gasteiger partial charge in [0.2, 0.25) is 6.29 Å². The zero-order valence-electron chi connectivity index (χ0n) is 15.4. The van der Waals surface area contributed by atoms with Crippen molar-refractivity contribution >= 4 is 23.6 Å². The number of hydrogen-bond acceptors (Lipinski definition) is 5. The molecule has 1 heterocycles. The molecule has 1 rings (SSSR count). The normalized spacial score (nSPS) is 11.9. The number of nitrogens with zero attached hydrogens (tertiary/aromatic N) is 1. The van der Waals surface area contributed by atoms with E-state index in [-0.39, 0.29) is 11.2 Å². The van der Waals surface area contributed by atoms with Crippen molar-refractivity contribution in [2.75, 3.05) is 0 Å². The number of alkyl halides is 9. The zero-order valence-corrected chi connectivity index (χ0v) is 15.4. The SMILES string of the molecule is CC(C)(C)C(=O)c1cccnc1.O=C(C(=O)C(F)(F)F)C(F)(F)F.O=CC(F)(F)F. The van der Waals surface area contributed by atoms with Gasteiger partial charge in [-0.2, -0.15) is 39.5 Å². The van der Waals surface area contributed by atoms with Crippen LogP contribution in [0.4, 0.5) is 39.5 Å². The molecule has 14 heteroatoms. The number of carbonyl (C=O) groups excluding carboxylic acids is 4. The van der Waals surface area contributed by atoms with Crippen LogP contribution in [0.3, 0.4) is 0 Å². The fourth-order valence-electron chi connectivity index (χ4n) is 1.19. The molecule has 5 nitrogen and oxygen atoms in total. The monoisotopic (exact) mass is 455 g/mol. The molecule has 0 aliphatic carbocycles. The molecule has 1 aromatic heterocycles. The summed E-state index contributed by atoms with van der Waals surface area (Å²) < 4.78 is 98.2. The molecule has 0 saturated heterocycles. The van der Waals surface area contributed by atoms with Crippen LogP contribution in [0.1, 0.15) is 31.1 Å². The summed E-state index contributed by atoms with van der Waals surface area (Å²) in [5, 5.41) is 0. The van der Waals surface area contributed by atoms with Gasteiger partial charge < -0.3 is 0 Å². The van der Waals surface area contributed by atoms with Crippen LogP contribution in [-0.2, 0) is 14.4 Å². The van der Waals surface area contributed by atoms with Crippen LogP contribution in [0.2, 0.25) is 0 Å².